The molecular weight excluding hydrogens is 555 g/mol. The Kier molecular flexibility index (Phi) is 9.18. The fourth-order valence-electron chi connectivity index (χ4n) is 5.06. The zero-order valence-electron chi connectivity index (χ0n) is 22.8. The first kappa shape index (κ1) is 28.9. The van der Waals surface area contributed by atoms with Gasteiger partial charge in [0.1, 0.15) is 16.7 Å². The van der Waals surface area contributed by atoms with Crippen molar-refractivity contribution in [1.29, 1.82) is 0 Å². The summed E-state index contributed by atoms with van der Waals surface area (Å²) < 4.78 is 18.2. The average molecular weight is 587 g/mol. The number of pyridine rings is 1. The minimum Gasteiger partial charge on any atom is -0.395 e. The summed E-state index contributed by atoms with van der Waals surface area (Å²) >= 11 is 0.790. The van der Waals surface area contributed by atoms with Crippen LogP contribution in [0.5, 0.6) is 0 Å². The van der Waals surface area contributed by atoms with E-state index in [4.69, 9.17) is 5.73 Å². The maximum Gasteiger partial charge on any atom is 0.273 e. The lowest BCUT2D eigenvalue weighted by atomic mass is 9.95. The number of benzene rings is 2. The van der Waals surface area contributed by atoms with Gasteiger partial charge in [0, 0.05) is 30.7 Å². The number of nitrogen functional groups attached to an aromatic ring is 1. The number of nitrogens with one attached hydrogen (secondary N) is 2. The van der Waals surface area contributed by atoms with Crippen LogP contribution >= 0.6 is 11.5 Å². The third-order valence-corrected chi connectivity index (χ3v) is 8.09. The molecule has 0 spiro atoms. The lowest BCUT2D eigenvalue weighted by Gasteiger charge is -2.31. The molecule has 0 aliphatic heterocycles. The number of aromatic nitrogens is 2. The summed E-state index contributed by atoms with van der Waals surface area (Å²) in [6, 6.07) is 16.7. The van der Waals surface area contributed by atoms with Crippen molar-refractivity contribution in [3.63, 3.8) is 0 Å². The van der Waals surface area contributed by atoms with Crippen LogP contribution in [0.15, 0.2) is 79.1 Å². The molecule has 1 unspecified atom stereocenters. The molecule has 4 aromatic rings. The first-order valence-corrected chi connectivity index (χ1v) is 14.6. The SMILES string of the molecule is Nc1c(C(=O)NC2CCCCC2)nsc1C(=O)N(c1ccc(F)cc1)C(C(=O)NCc1ccccc1)c1ccncc1. The van der Waals surface area contributed by atoms with Crippen molar-refractivity contribution in [2.75, 3.05) is 10.6 Å². The molecule has 1 aliphatic rings. The third-order valence-electron chi connectivity index (χ3n) is 7.24. The molecule has 216 valence electrons. The van der Waals surface area contributed by atoms with E-state index >= 15 is 0 Å². The molecule has 1 saturated carbocycles. The number of hydrogen-bond acceptors (Lipinski definition) is 7. The van der Waals surface area contributed by atoms with Crippen LogP contribution in [0.1, 0.15) is 69.4 Å². The Balaban J connectivity index is 1.50. The number of rotatable bonds is 9. The maximum atomic E-state index is 14.3. The quantitative estimate of drug-likeness (QED) is 0.252. The summed E-state index contributed by atoms with van der Waals surface area (Å²) in [5.74, 6) is -2.06. The molecule has 1 atom stereocenters. The topological polar surface area (TPSA) is 130 Å². The predicted molar refractivity (Wildman–Crippen MR) is 159 cm³/mol. The van der Waals surface area contributed by atoms with Gasteiger partial charge in [0.2, 0.25) is 5.91 Å². The van der Waals surface area contributed by atoms with Crippen LogP contribution in [-0.4, -0.2) is 33.1 Å². The number of carbonyl (C=O) groups is 3. The number of carbonyl (C=O) groups excluding carboxylic acids is 3. The molecule has 5 rings (SSSR count). The van der Waals surface area contributed by atoms with Gasteiger partial charge in [0.05, 0.1) is 5.69 Å². The molecule has 2 aromatic heterocycles. The minimum absolute atomic E-state index is 0.00281. The summed E-state index contributed by atoms with van der Waals surface area (Å²) in [7, 11) is 0. The molecule has 2 aromatic carbocycles. The third kappa shape index (κ3) is 6.63. The zero-order valence-corrected chi connectivity index (χ0v) is 23.6. The fourth-order valence-corrected chi connectivity index (χ4v) is 5.79. The molecule has 3 amide bonds. The number of halogens is 1. The molecule has 4 N–H and O–H groups in total. The number of anilines is 2. The standard InChI is InChI=1S/C31H31FN6O3S/c32-22-11-13-24(14-12-22)38(27(21-15-17-34-18-16-21)30(40)35-19-20-7-3-1-4-8-20)31(41)28-25(33)26(37-42-28)29(39)36-23-9-5-2-6-10-23/h1,3-4,7-8,11-18,23,27H,2,5-6,9-10,19,33H2,(H,35,40)(H,36,39). The van der Waals surface area contributed by atoms with E-state index in [0.29, 0.717) is 5.56 Å². The van der Waals surface area contributed by atoms with Gasteiger partial charge in [-0.15, -0.1) is 0 Å². The van der Waals surface area contributed by atoms with Gasteiger partial charge in [-0.25, -0.2) is 4.39 Å². The summed E-state index contributed by atoms with van der Waals surface area (Å²) in [5, 5.41) is 5.90. The van der Waals surface area contributed by atoms with Crippen molar-refractivity contribution < 1.29 is 18.8 Å². The van der Waals surface area contributed by atoms with Crippen LogP contribution in [-0.2, 0) is 11.3 Å². The first-order valence-electron chi connectivity index (χ1n) is 13.8. The van der Waals surface area contributed by atoms with Crippen molar-refractivity contribution in [2.24, 2.45) is 0 Å². The molecule has 0 bridgehead atoms. The number of nitrogens with two attached hydrogens (primary N) is 1. The van der Waals surface area contributed by atoms with E-state index in [1.54, 1.807) is 12.1 Å². The van der Waals surface area contributed by atoms with Crippen LogP contribution in [0.3, 0.4) is 0 Å². The van der Waals surface area contributed by atoms with E-state index in [1.165, 1.54) is 41.6 Å². The van der Waals surface area contributed by atoms with Crippen molar-refractivity contribution in [1.82, 2.24) is 20.0 Å². The highest BCUT2D eigenvalue weighted by atomic mass is 32.1. The molecule has 1 fully saturated rings. The van der Waals surface area contributed by atoms with Gasteiger partial charge in [0.25, 0.3) is 11.8 Å². The zero-order chi connectivity index (χ0) is 29.5. The molecule has 42 heavy (non-hydrogen) atoms. The lowest BCUT2D eigenvalue weighted by molar-refractivity contribution is -0.122. The van der Waals surface area contributed by atoms with Gasteiger partial charge in [-0.2, -0.15) is 4.37 Å². The maximum absolute atomic E-state index is 14.3. The Morgan fingerprint density at radius 1 is 0.976 bits per heavy atom. The van der Waals surface area contributed by atoms with Crippen molar-refractivity contribution in [3.05, 3.63) is 107 Å². The molecule has 0 radical (unpaired) electrons. The summed E-state index contributed by atoms with van der Waals surface area (Å²) in [6.07, 6.45) is 8.02. The van der Waals surface area contributed by atoms with Crippen LogP contribution in [0.2, 0.25) is 0 Å². The number of amides is 3. The van der Waals surface area contributed by atoms with E-state index in [9.17, 15) is 18.8 Å². The second kappa shape index (κ2) is 13.3. The van der Waals surface area contributed by atoms with Crippen molar-refractivity contribution >= 4 is 40.6 Å². The van der Waals surface area contributed by atoms with E-state index in [1.807, 2.05) is 30.3 Å². The molecule has 1 aliphatic carbocycles. The smallest absolute Gasteiger partial charge is 0.273 e. The van der Waals surface area contributed by atoms with Gasteiger partial charge in [-0.05, 0) is 71.9 Å². The van der Waals surface area contributed by atoms with E-state index < -0.39 is 29.6 Å². The monoisotopic (exact) mass is 586 g/mol. The van der Waals surface area contributed by atoms with E-state index in [2.05, 4.69) is 20.0 Å². The van der Waals surface area contributed by atoms with E-state index in [-0.39, 0.29) is 34.5 Å². The molecule has 11 heteroatoms. The number of nitrogens with zero attached hydrogens (tertiary/aromatic N) is 3. The Labute approximate surface area is 247 Å². The van der Waals surface area contributed by atoms with Crippen LogP contribution in [0.25, 0.3) is 0 Å². The Hall–Kier alpha value is -4.64. The molecule has 9 nitrogen and oxygen atoms in total. The van der Waals surface area contributed by atoms with Crippen LogP contribution < -0.4 is 21.3 Å². The van der Waals surface area contributed by atoms with Gasteiger partial charge in [0.15, 0.2) is 5.69 Å². The predicted octanol–water partition coefficient (Wildman–Crippen LogP) is 5.03. The molecule has 2 heterocycles. The summed E-state index contributed by atoms with van der Waals surface area (Å²) in [4.78, 5) is 46.5. The highest BCUT2D eigenvalue weighted by Crippen LogP contribution is 2.33. The Morgan fingerprint density at radius 3 is 2.36 bits per heavy atom. The van der Waals surface area contributed by atoms with Gasteiger partial charge in [-0.1, -0.05) is 49.6 Å². The van der Waals surface area contributed by atoms with Gasteiger partial charge in [-0.3, -0.25) is 24.3 Å². The minimum atomic E-state index is -1.17. The van der Waals surface area contributed by atoms with Crippen LogP contribution in [0.4, 0.5) is 15.8 Å². The average Bonchev–Trinajstić information content (AvgIpc) is 3.41. The highest BCUT2D eigenvalue weighted by molar-refractivity contribution is 7.09. The van der Waals surface area contributed by atoms with Crippen molar-refractivity contribution in [2.45, 2.75) is 50.7 Å². The van der Waals surface area contributed by atoms with E-state index in [0.717, 1.165) is 49.2 Å². The Morgan fingerprint density at radius 2 is 1.67 bits per heavy atom. The summed E-state index contributed by atoms with van der Waals surface area (Å²) in [6.45, 7) is 0.223. The summed E-state index contributed by atoms with van der Waals surface area (Å²) in [5.41, 5.74) is 7.89. The largest absolute Gasteiger partial charge is 0.395 e. The number of hydrogen-bond donors (Lipinski definition) is 3. The second-order valence-electron chi connectivity index (χ2n) is 10.1. The molecule has 0 saturated heterocycles. The first-order chi connectivity index (χ1) is 20.4. The second-order valence-corrected chi connectivity index (χ2v) is 10.9. The fraction of sp³-hybridized carbons (Fsp3) is 0.258. The van der Waals surface area contributed by atoms with Crippen LogP contribution in [0, 0.1) is 5.82 Å². The lowest BCUT2D eigenvalue weighted by Crippen LogP contribution is -2.44. The normalized spacial score (nSPS) is 14.1. The highest BCUT2D eigenvalue weighted by Gasteiger charge is 2.36. The van der Waals surface area contributed by atoms with Crippen molar-refractivity contribution in [3.8, 4) is 0 Å². The Bertz CT molecular complexity index is 1530. The van der Waals surface area contributed by atoms with Gasteiger partial charge >= 0.3 is 0 Å². The molecular formula is C31H31FN6O3S. The van der Waals surface area contributed by atoms with Gasteiger partial charge < -0.3 is 16.4 Å².